The molecule has 4 N–H and O–H groups in total. The van der Waals surface area contributed by atoms with Crippen LogP contribution in [0.3, 0.4) is 0 Å². The number of hydrogen-bond acceptors (Lipinski definition) is 8. The van der Waals surface area contributed by atoms with Gasteiger partial charge in [0.05, 0.1) is 6.10 Å². The van der Waals surface area contributed by atoms with E-state index in [2.05, 4.69) is 0 Å². The van der Waals surface area contributed by atoms with Gasteiger partial charge in [0.15, 0.2) is 6.79 Å². The van der Waals surface area contributed by atoms with Gasteiger partial charge in [-0.15, -0.1) is 0 Å². The lowest BCUT2D eigenvalue weighted by atomic mass is 9.94. The molecule has 0 radical (unpaired) electrons. The van der Waals surface area contributed by atoms with Crippen LogP contribution in [0.25, 0.3) is 6.08 Å². The van der Waals surface area contributed by atoms with E-state index in [0.29, 0.717) is 24.2 Å². The van der Waals surface area contributed by atoms with E-state index in [1.165, 1.54) is 13.2 Å². The molecule has 8 nitrogen and oxygen atoms in total. The lowest BCUT2D eigenvalue weighted by Crippen LogP contribution is -2.36. The van der Waals surface area contributed by atoms with E-state index in [1.807, 2.05) is 13.0 Å². The zero-order valence-corrected chi connectivity index (χ0v) is 19.5. The van der Waals surface area contributed by atoms with Gasteiger partial charge in [-0.1, -0.05) is 37.3 Å². The van der Waals surface area contributed by atoms with Crippen molar-refractivity contribution in [2.75, 3.05) is 20.5 Å². The van der Waals surface area contributed by atoms with Crippen LogP contribution >= 0.6 is 0 Å². The lowest BCUT2D eigenvalue weighted by molar-refractivity contribution is -0.0395. The topological polar surface area (TPSA) is 126 Å². The summed E-state index contributed by atoms with van der Waals surface area (Å²) in [6, 6.07) is 3.55. The highest BCUT2D eigenvalue weighted by molar-refractivity contribution is 5.97. The van der Waals surface area contributed by atoms with Gasteiger partial charge < -0.3 is 34.6 Å². The SMILES string of the molecule is COCOc1ccc(CCCCO)c2c1C(=O)O[C@@H](C)[C@H](C)/C=C\C(O)[C@@H](O)[C@@H](O)C/C=C/2. The predicted octanol–water partition coefficient (Wildman–Crippen LogP) is 2.22. The molecule has 2 rings (SSSR count). The molecule has 0 aliphatic carbocycles. The van der Waals surface area contributed by atoms with Crippen LogP contribution in [0.5, 0.6) is 5.75 Å². The predicted molar refractivity (Wildman–Crippen MR) is 124 cm³/mol. The Kier molecular flexibility index (Phi) is 11.0. The molecule has 0 bridgehead atoms. The van der Waals surface area contributed by atoms with Crippen molar-refractivity contribution in [3.8, 4) is 5.75 Å². The number of rotatable bonds is 7. The molecule has 0 aromatic heterocycles. The van der Waals surface area contributed by atoms with Gasteiger partial charge in [0, 0.05) is 19.6 Å². The summed E-state index contributed by atoms with van der Waals surface area (Å²) in [6.45, 7) is 3.59. The second kappa shape index (κ2) is 13.5. The van der Waals surface area contributed by atoms with Crippen molar-refractivity contribution in [1.82, 2.24) is 0 Å². The average Bonchev–Trinajstić information content (AvgIpc) is 2.80. The first-order valence-electron chi connectivity index (χ1n) is 11.3. The van der Waals surface area contributed by atoms with Crippen molar-refractivity contribution in [1.29, 1.82) is 0 Å². The first-order chi connectivity index (χ1) is 15.8. The highest BCUT2D eigenvalue weighted by Crippen LogP contribution is 2.31. The average molecular weight is 465 g/mol. The number of benzene rings is 1. The fourth-order valence-corrected chi connectivity index (χ4v) is 3.52. The number of carbonyl (C=O) groups excluding carboxylic acids is 1. The first-order valence-corrected chi connectivity index (χ1v) is 11.3. The number of unbranched alkanes of at least 4 members (excludes halogenated alkanes) is 1. The highest BCUT2D eigenvalue weighted by atomic mass is 16.7. The van der Waals surface area contributed by atoms with E-state index < -0.39 is 30.4 Å². The van der Waals surface area contributed by atoms with E-state index in [9.17, 15) is 20.1 Å². The number of esters is 1. The summed E-state index contributed by atoms with van der Waals surface area (Å²) < 4.78 is 16.4. The third kappa shape index (κ3) is 7.65. The molecule has 5 atom stereocenters. The van der Waals surface area contributed by atoms with Gasteiger partial charge in [0.2, 0.25) is 0 Å². The van der Waals surface area contributed by atoms with Crippen LogP contribution in [0.15, 0.2) is 30.4 Å². The van der Waals surface area contributed by atoms with Crippen LogP contribution in [0.1, 0.15) is 54.6 Å². The normalized spacial score (nSPS) is 28.3. The summed E-state index contributed by atoms with van der Waals surface area (Å²) in [4.78, 5) is 13.3. The number of cyclic esters (lactones) is 1. The van der Waals surface area contributed by atoms with E-state index in [4.69, 9.17) is 19.3 Å². The molecule has 0 saturated carbocycles. The Morgan fingerprint density at radius 2 is 1.88 bits per heavy atom. The van der Waals surface area contributed by atoms with Gasteiger partial charge in [0.1, 0.15) is 29.6 Å². The first kappa shape index (κ1) is 27.0. The lowest BCUT2D eigenvalue weighted by Gasteiger charge is -2.23. The Hall–Kier alpha value is -2.23. The zero-order chi connectivity index (χ0) is 24.4. The number of fused-ring (bicyclic) bond motifs is 1. The molecule has 1 aromatic carbocycles. The molecular weight excluding hydrogens is 428 g/mol. The number of carbonyl (C=O) groups is 1. The second-order valence-corrected chi connectivity index (χ2v) is 8.28. The zero-order valence-electron chi connectivity index (χ0n) is 19.5. The largest absolute Gasteiger partial charge is 0.467 e. The monoisotopic (exact) mass is 464 g/mol. The van der Waals surface area contributed by atoms with Crippen LogP contribution < -0.4 is 4.74 Å². The van der Waals surface area contributed by atoms with Crippen LogP contribution in [-0.4, -0.2) is 71.3 Å². The number of hydrogen-bond donors (Lipinski definition) is 4. The molecule has 1 unspecified atom stereocenters. The van der Waals surface area contributed by atoms with E-state index in [0.717, 1.165) is 12.0 Å². The van der Waals surface area contributed by atoms with Crippen molar-refractivity contribution < 1.29 is 39.4 Å². The fraction of sp³-hybridized carbons (Fsp3) is 0.560. The third-order valence-corrected chi connectivity index (χ3v) is 5.74. The summed E-state index contributed by atoms with van der Waals surface area (Å²) in [6.07, 6.45) is 4.06. The summed E-state index contributed by atoms with van der Waals surface area (Å²) in [5.74, 6) is -0.507. The summed E-state index contributed by atoms with van der Waals surface area (Å²) in [5, 5.41) is 39.9. The number of aliphatic hydroxyl groups excluding tert-OH is 4. The van der Waals surface area contributed by atoms with Crippen molar-refractivity contribution in [2.24, 2.45) is 5.92 Å². The maximum Gasteiger partial charge on any atom is 0.342 e. The molecule has 1 aromatic rings. The molecule has 1 heterocycles. The van der Waals surface area contributed by atoms with Crippen LogP contribution in [0.2, 0.25) is 0 Å². The maximum absolute atomic E-state index is 13.3. The molecule has 0 saturated heterocycles. The quantitative estimate of drug-likeness (QED) is 0.210. The Balaban J connectivity index is 2.57. The van der Waals surface area contributed by atoms with Gasteiger partial charge in [-0.3, -0.25) is 0 Å². The van der Waals surface area contributed by atoms with Crippen molar-refractivity contribution in [3.63, 3.8) is 0 Å². The molecule has 0 spiro atoms. The van der Waals surface area contributed by atoms with Crippen molar-refractivity contribution in [2.45, 2.75) is 63.9 Å². The van der Waals surface area contributed by atoms with Crippen LogP contribution in [0, 0.1) is 5.92 Å². The molecule has 0 amide bonds. The van der Waals surface area contributed by atoms with Gasteiger partial charge in [-0.2, -0.15) is 0 Å². The minimum absolute atomic E-state index is 0.0508. The van der Waals surface area contributed by atoms with E-state index in [1.54, 1.807) is 31.2 Å². The molecule has 33 heavy (non-hydrogen) atoms. The summed E-state index contributed by atoms with van der Waals surface area (Å²) >= 11 is 0. The Morgan fingerprint density at radius 1 is 1.12 bits per heavy atom. The van der Waals surface area contributed by atoms with Crippen LogP contribution in [0.4, 0.5) is 0 Å². The Morgan fingerprint density at radius 3 is 2.58 bits per heavy atom. The molecular formula is C25H36O8. The smallest absolute Gasteiger partial charge is 0.342 e. The third-order valence-electron chi connectivity index (χ3n) is 5.74. The van der Waals surface area contributed by atoms with E-state index >= 15 is 0 Å². The van der Waals surface area contributed by atoms with Crippen molar-refractivity contribution in [3.05, 3.63) is 47.1 Å². The van der Waals surface area contributed by atoms with Crippen LogP contribution in [-0.2, 0) is 15.9 Å². The summed E-state index contributed by atoms with van der Waals surface area (Å²) in [5.41, 5.74) is 1.69. The number of methoxy groups -OCH3 is 1. The number of ether oxygens (including phenoxy) is 3. The fourth-order valence-electron chi connectivity index (χ4n) is 3.52. The summed E-state index contributed by atoms with van der Waals surface area (Å²) in [7, 11) is 1.48. The molecule has 184 valence electrons. The van der Waals surface area contributed by atoms with E-state index in [-0.39, 0.29) is 31.3 Å². The molecule has 0 fully saturated rings. The second-order valence-electron chi connectivity index (χ2n) is 8.28. The Labute approximate surface area is 195 Å². The molecule has 8 heteroatoms. The Bertz CT molecular complexity index is 819. The number of aliphatic hydroxyl groups is 4. The highest BCUT2D eigenvalue weighted by Gasteiger charge is 2.26. The standard InChI is InChI=1S/C25H36O8/c1-16-10-12-21(28)24(29)20(27)9-6-8-19-18(7-4-5-14-26)11-13-22(32-15-31-3)23(19)25(30)33-17(16)2/h6,8,10-13,16-17,20-21,24,26-29H,4-5,7,9,14-15H2,1-3H3/b8-6+,12-10-/t16-,17+,20+,21?,24+/m1/s1. The molecule has 1 aliphatic rings. The van der Waals surface area contributed by atoms with Crippen molar-refractivity contribution >= 4 is 12.0 Å². The van der Waals surface area contributed by atoms with Gasteiger partial charge in [-0.05, 0) is 49.8 Å². The minimum atomic E-state index is -1.36. The minimum Gasteiger partial charge on any atom is -0.467 e. The van der Waals surface area contributed by atoms with Gasteiger partial charge in [-0.25, -0.2) is 4.79 Å². The van der Waals surface area contributed by atoms with Gasteiger partial charge >= 0.3 is 5.97 Å². The maximum atomic E-state index is 13.3. The number of aryl methyl sites for hydroxylation is 1. The molecule has 1 aliphatic heterocycles. The van der Waals surface area contributed by atoms with Gasteiger partial charge in [0.25, 0.3) is 0 Å².